The van der Waals surface area contributed by atoms with E-state index >= 15 is 0 Å². The summed E-state index contributed by atoms with van der Waals surface area (Å²) in [7, 11) is 0. The Kier molecular flexibility index (Phi) is 2.15. The van der Waals surface area contributed by atoms with Gasteiger partial charge in [-0.25, -0.2) is 18.6 Å². The maximum Gasteiger partial charge on any atom is 0.359 e. The van der Waals surface area contributed by atoms with E-state index in [4.69, 9.17) is 0 Å². The molecule has 3 aromatic rings. The van der Waals surface area contributed by atoms with Crippen molar-refractivity contribution in [1.29, 1.82) is 0 Å². The molecule has 0 N–H and O–H groups in total. The second-order valence-electron chi connectivity index (χ2n) is 3.40. The molecule has 3 rings (SSSR count). The van der Waals surface area contributed by atoms with Crippen LogP contribution in [0.25, 0.3) is 10.6 Å². The molecule has 0 bridgehead atoms. The van der Waals surface area contributed by atoms with Crippen LogP contribution < -0.4 is 11.4 Å². The van der Waals surface area contributed by atoms with Gasteiger partial charge in [0.25, 0.3) is 0 Å². The second-order valence-corrected chi connectivity index (χ2v) is 4.28. The molecule has 0 spiro atoms. The zero-order valence-corrected chi connectivity index (χ0v) is 9.42. The van der Waals surface area contributed by atoms with Crippen molar-refractivity contribution in [1.82, 2.24) is 14.0 Å². The summed E-state index contributed by atoms with van der Waals surface area (Å²) in [5.74, 6) is 0. The molecule has 0 saturated carbocycles. The van der Waals surface area contributed by atoms with E-state index in [0.717, 1.165) is 4.57 Å². The Labute approximate surface area is 99.2 Å². The minimum absolute atomic E-state index is 0.396. The van der Waals surface area contributed by atoms with Gasteiger partial charge in [0.1, 0.15) is 0 Å². The molecule has 0 unspecified atom stereocenters. The van der Waals surface area contributed by atoms with Crippen LogP contribution in [0, 0.1) is 0 Å². The van der Waals surface area contributed by atoms with Crippen LogP contribution in [-0.2, 0) is 0 Å². The molecule has 0 atom stereocenters. The smallest absolute Gasteiger partial charge is 0.247 e. The van der Waals surface area contributed by atoms with Gasteiger partial charge in [0.2, 0.25) is 4.96 Å². The van der Waals surface area contributed by atoms with Crippen molar-refractivity contribution in [2.75, 3.05) is 0 Å². The summed E-state index contributed by atoms with van der Waals surface area (Å²) >= 11 is 1.26. The SMILES string of the molecule is O=c1nc2sccn2c(=O)n1-c1ccccc1. The van der Waals surface area contributed by atoms with Gasteiger partial charge in [-0.15, -0.1) is 11.3 Å². The molecule has 0 aliphatic rings. The van der Waals surface area contributed by atoms with Crippen molar-refractivity contribution >= 4 is 16.3 Å². The van der Waals surface area contributed by atoms with Crippen molar-refractivity contribution in [3.8, 4) is 5.69 Å². The van der Waals surface area contributed by atoms with Crippen LogP contribution in [0.5, 0.6) is 0 Å². The standard InChI is InChI=1S/C11H7N3O2S/c15-9-12-10-13(6-7-17-10)11(16)14(9)8-4-2-1-3-5-8/h1-7H. The average molecular weight is 245 g/mol. The van der Waals surface area contributed by atoms with E-state index in [0.29, 0.717) is 10.6 Å². The number of benzene rings is 1. The lowest BCUT2D eigenvalue weighted by atomic mass is 10.3. The van der Waals surface area contributed by atoms with Gasteiger partial charge in [-0.1, -0.05) is 18.2 Å². The third-order valence-electron chi connectivity index (χ3n) is 2.38. The number of fused-ring (bicyclic) bond motifs is 1. The van der Waals surface area contributed by atoms with E-state index in [2.05, 4.69) is 4.98 Å². The Balaban J connectivity index is 2.45. The lowest BCUT2D eigenvalue weighted by molar-refractivity contribution is 0.803. The molecule has 2 aromatic heterocycles. The van der Waals surface area contributed by atoms with E-state index < -0.39 is 11.4 Å². The van der Waals surface area contributed by atoms with E-state index in [-0.39, 0.29) is 0 Å². The molecular formula is C11H7N3O2S. The summed E-state index contributed by atoms with van der Waals surface area (Å²) in [5.41, 5.74) is -0.424. The Bertz CT molecular complexity index is 786. The third kappa shape index (κ3) is 1.50. The zero-order chi connectivity index (χ0) is 11.8. The van der Waals surface area contributed by atoms with Gasteiger partial charge >= 0.3 is 11.4 Å². The number of nitrogens with zero attached hydrogens (tertiary/aromatic N) is 3. The molecular weight excluding hydrogens is 238 g/mol. The van der Waals surface area contributed by atoms with Crippen LogP contribution in [0.2, 0.25) is 0 Å². The highest BCUT2D eigenvalue weighted by molar-refractivity contribution is 7.15. The molecule has 6 heteroatoms. The first kappa shape index (κ1) is 9.98. The van der Waals surface area contributed by atoms with E-state index in [9.17, 15) is 9.59 Å². The minimum Gasteiger partial charge on any atom is -0.247 e. The van der Waals surface area contributed by atoms with Crippen molar-refractivity contribution in [3.05, 3.63) is 62.9 Å². The van der Waals surface area contributed by atoms with Gasteiger partial charge in [0.15, 0.2) is 0 Å². The molecule has 0 saturated heterocycles. The molecule has 5 nitrogen and oxygen atoms in total. The number of hydrogen-bond donors (Lipinski definition) is 0. The summed E-state index contributed by atoms with van der Waals surface area (Å²) in [6, 6.07) is 8.75. The fraction of sp³-hybridized carbons (Fsp3) is 0. The Morgan fingerprint density at radius 2 is 1.88 bits per heavy atom. The molecule has 84 valence electrons. The minimum atomic E-state index is -0.552. The predicted octanol–water partition coefficient (Wildman–Crippen LogP) is 0.907. The molecule has 1 aromatic carbocycles. The third-order valence-corrected chi connectivity index (χ3v) is 3.14. The van der Waals surface area contributed by atoms with E-state index in [1.165, 1.54) is 15.7 Å². The highest BCUT2D eigenvalue weighted by atomic mass is 32.1. The zero-order valence-electron chi connectivity index (χ0n) is 8.61. The summed E-state index contributed by atoms with van der Waals surface area (Å²) in [5, 5.41) is 1.72. The van der Waals surface area contributed by atoms with E-state index in [1.807, 2.05) is 6.07 Å². The van der Waals surface area contributed by atoms with Crippen LogP contribution in [0.4, 0.5) is 0 Å². The van der Waals surface area contributed by atoms with Crippen LogP contribution in [0.15, 0.2) is 51.5 Å². The normalized spacial score (nSPS) is 10.8. The number of para-hydroxylation sites is 1. The first-order valence-corrected chi connectivity index (χ1v) is 5.80. The fourth-order valence-electron chi connectivity index (χ4n) is 1.62. The van der Waals surface area contributed by atoms with E-state index in [1.54, 1.807) is 35.8 Å². The molecule has 0 aliphatic carbocycles. The highest BCUT2D eigenvalue weighted by Gasteiger charge is 2.09. The van der Waals surface area contributed by atoms with Gasteiger partial charge in [-0.2, -0.15) is 4.98 Å². The van der Waals surface area contributed by atoms with Gasteiger partial charge in [0.05, 0.1) is 5.69 Å². The number of aromatic nitrogens is 3. The van der Waals surface area contributed by atoms with Gasteiger partial charge < -0.3 is 0 Å². The molecule has 17 heavy (non-hydrogen) atoms. The molecule has 2 heterocycles. The molecule has 0 radical (unpaired) electrons. The Morgan fingerprint density at radius 3 is 2.65 bits per heavy atom. The quantitative estimate of drug-likeness (QED) is 0.640. The lowest BCUT2D eigenvalue weighted by Crippen LogP contribution is -2.37. The lowest BCUT2D eigenvalue weighted by Gasteiger charge is -2.03. The van der Waals surface area contributed by atoms with Crippen LogP contribution in [-0.4, -0.2) is 14.0 Å². The van der Waals surface area contributed by atoms with Gasteiger partial charge in [-0.05, 0) is 12.1 Å². The monoisotopic (exact) mass is 245 g/mol. The second kappa shape index (κ2) is 3.67. The summed E-state index contributed by atoms with van der Waals surface area (Å²) in [6.07, 6.45) is 1.61. The maximum atomic E-state index is 12.1. The Hall–Kier alpha value is -2.21. The molecule has 0 amide bonds. The number of rotatable bonds is 1. The van der Waals surface area contributed by atoms with Crippen molar-refractivity contribution in [3.63, 3.8) is 0 Å². The summed E-state index contributed by atoms with van der Waals surface area (Å²) in [4.78, 5) is 28.2. The van der Waals surface area contributed by atoms with Crippen molar-refractivity contribution < 1.29 is 0 Å². The molecule has 0 fully saturated rings. The van der Waals surface area contributed by atoms with Crippen LogP contribution in [0.3, 0.4) is 0 Å². The number of thiazole rings is 1. The molecule has 0 aliphatic heterocycles. The first-order valence-electron chi connectivity index (χ1n) is 4.92. The summed E-state index contributed by atoms with van der Waals surface area (Å²) < 4.78 is 2.42. The van der Waals surface area contributed by atoms with Gasteiger partial charge in [0, 0.05) is 11.6 Å². The van der Waals surface area contributed by atoms with Crippen molar-refractivity contribution in [2.24, 2.45) is 0 Å². The predicted molar refractivity (Wildman–Crippen MR) is 64.9 cm³/mol. The van der Waals surface area contributed by atoms with Crippen LogP contribution >= 0.6 is 11.3 Å². The maximum absolute atomic E-state index is 12.1. The highest BCUT2D eigenvalue weighted by Crippen LogP contribution is 2.05. The Morgan fingerprint density at radius 1 is 1.12 bits per heavy atom. The van der Waals surface area contributed by atoms with Gasteiger partial charge in [-0.3, -0.25) is 0 Å². The summed E-state index contributed by atoms with van der Waals surface area (Å²) in [6.45, 7) is 0. The number of hydrogen-bond acceptors (Lipinski definition) is 4. The topological polar surface area (TPSA) is 56.4 Å². The van der Waals surface area contributed by atoms with Crippen molar-refractivity contribution in [2.45, 2.75) is 0 Å². The first-order chi connectivity index (χ1) is 8.27. The average Bonchev–Trinajstić information content (AvgIpc) is 2.78. The fourth-order valence-corrected chi connectivity index (χ4v) is 2.31. The van der Waals surface area contributed by atoms with Crippen LogP contribution in [0.1, 0.15) is 0 Å². The largest absolute Gasteiger partial charge is 0.359 e.